The van der Waals surface area contributed by atoms with Gasteiger partial charge in [-0.2, -0.15) is 0 Å². The lowest BCUT2D eigenvalue weighted by Crippen LogP contribution is -2.10. The largest absolute Gasteiger partial charge is 0.363 e. The minimum Gasteiger partial charge on any atom is -0.363 e. The number of halogens is 1. The van der Waals surface area contributed by atoms with Gasteiger partial charge in [-0.3, -0.25) is 0 Å². The summed E-state index contributed by atoms with van der Waals surface area (Å²) in [5, 5.41) is -0.102. The van der Waals surface area contributed by atoms with Gasteiger partial charge >= 0.3 is 0 Å². The second-order valence-electron chi connectivity index (χ2n) is 1.84. The number of rotatable bonds is 1. The molecule has 0 spiro atoms. The van der Waals surface area contributed by atoms with Crippen LogP contribution >= 0.6 is 23.8 Å². The van der Waals surface area contributed by atoms with Crippen molar-refractivity contribution in [3.05, 3.63) is 21.8 Å². The minimum absolute atomic E-state index is 0.102. The van der Waals surface area contributed by atoms with Gasteiger partial charge in [0.25, 0.3) is 0 Å². The van der Waals surface area contributed by atoms with E-state index in [0.29, 0.717) is 0 Å². The summed E-state index contributed by atoms with van der Waals surface area (Å²) >= 11 is 10.7. The molecule has 1 aromatic heterocycles. The third-order valence-corrected chi connectivity index (χ3v) is 1.94. The van der Waals surface area contributed by atoms with E-state index in [1.807, 2.05) is 0 Å². The Kier molecular flexibility index (Phi) is 1.02. The molecule has 0 fully saturated rings. The van der Waals surface area contributed by atoms with Crippen LogP contribution in [0, 0.1) is 4.51 Å². The number of H-pyrrole nitrogens is 1. The van der Waals surface area contributed by atoms with Gasteiger partial charge in [0.2, 0.25) is 0 Å². The van der Waals surface area contributed by atoms with Gasteiger partial charge in [0.05, 0.1) is 9.53 Å². The summed E-state index contributed by atoms with van der Waals surface area (Å²) in [4.78, 5) is 2.76. The van der Waals surface area contributed by atoms with Crippen molar-refractivity contribution < 1.29 is 8.22 Å². The summed E-state index contributed by atoms with van der Waals surface area (Å²) in [6.45, 7) is -5.71. The highest BCUT2D eigenvalue weighted by molar-refractivity contribution is 7.71. The van der Waals surface area contributed by atoms with Crippen molar-refractivity contribution in [2.75, 3.05) is 18.9 Å². The van der Waals surface area contributed by atoms with Crippen molar-refractivity contribution in [3.63, 3.8) is 0 Å². The minimum atomic E-state index is -2.85. The zero-order chi connectivity index (χ0) is 13.4. The fourth-order valence-corrected chi connectivity index (χ4v) is 0.979. The Labute approximate surface area is 84.2 Å². The molecule has 0 radical (unpaired) electrons. The fraction of sp³-hybridized carbons (Fsp3) is 0.286. The number of nitrogens with zero attached hydrogens (tertiary/aromatic N) is 1. The normalized spacial score (nSPS) is 20.1. The first kappa shape index (κ1) is 3.46. The number of pyridine rings is 1. The lowest BCUT2D eigenvalue weighted by atomic mass is 10.4. The van der Waals surface area contributed by atoms with Crippen LogP contribution in [0.2, 0.25) is 5.02 Å². The zero-order valence-corrected chi connectivity index (χ0v) is 6.96. The average Bonchev–Trinajstić information content (AvgIpc) is 2.08. The quantitative estimate of drug-likeness (QED) is 0.693. The van der Waals surface area contributed by atoms with Crippen LogP contribution in [0.3, 0.4) is 0 Å². The van der Waals surface area contributed by atoms with Crippen molar-refractivity contribution in [2.45, 2.75) is 0 Å². The van der Waals surface area contributed by atoms with Gasteiger partial charge in [-0.25, -0.2) is 0 Å². The molecular formula is C7H9ClN2S. The zero-order valence-electron chi connectivity index (χ0n) is 11.4. The van der Waals surface area contributed by atoms with E-state index in [4.69, 9.17) is 32.0 Å². The maximum Gasteiger partial charge on any atom is 0.125 e. The van der Waals surface area contributed by atoms with Crippen molar-refractivity contribution in [3.8, 4) is 0 Å². The molecule has 0 unspecified atom stereocenters. The van der Waals surface area contributed by atoms with Gasteiger partial charge in [0.1, 0.15) is 5.82 Å². The molecule has 0 atom stereocenters. The Hall–Kier alpha value is -0.540. The van der Waals surface area contributed by atoms with Crippen LogP contribution in [0.25, 0.3) is 0 Å². The lowest BCUT2D eigenvalue weighted by molar-refractivity contribution is 1.07. The smallest absolute Gasteiger partial charge is 0.125 e. The Morgan fingerprint density at radius 3 is 3.09 bits per heavy atom. The Bertz CT molecular complexity index is 451. The van der Waals surface area contributed by atoms with Gasteiger partial charge in [-0.1, -0.05) is 23.8 Å². The third kappa shape index (κ3) is 1.73. The van der Waals surface area contributed by atoms with E-state index in [2.05, 4.69) is 4.98 Å². The molecule has 0 aromatic carbocycles. The van der Waals surface area contributed by atoms with E-state index in [9.17, 15) is 0 Å². The van der Waals surface area contributed by atoms with Crippen molar-refractivity contribution >= 4 is 29.6 Å². The number of hydrogen-bond acceptors (Lipinski definition) is 2. The number of hydrogen-bond donors (Lipinski definition) is 1. The first-order chi connectivity index (χ1) is 7.55. The van der Waals surface area contributed by atoms with Gasteiger partial charge < -0.3 is 9.88 Å². The second kappa shape index (κ2) is 3.24. The van der Waals surface area contributed by atoms with Crippen LogP contribution in [0.5, 0.6) is 0 Å². The Morgan fingerprint density at radius 2 is 2.45 bits per heavy atom. The van der Waals surface area contributed by atoms with E-state index in [1.165, 1.54) is 12.3 Å². The molecule has 1 N–H and O–H groups in total. The van der Waals surface area contributed by atoms with Gasteiger partial charge in [-0.05, 0) is 6.07 Å². The van der Waals surface area contributed by atoms with Crippen LogP contribution in [-0.4, -0.2) is 18.9 Å². The van der Waals surface area contributed by atoms with E-state index in [1.54, 1.807) is 0 Å². The summed E-state index contributed by atoms with van der Waals surface area (Å²) in [7, 11) is 0. The monoisotopic (exact) mass is 194 g/mol. The highest BCUT2D eigenvalue weighted by atomic mass is 35.5. The SMILES string of the molecule is [2H]C([2H])([2H])N(c1[nH]ccc(=S)c1Cl)C([2H])([2H])[2H]. The highest BCUT2D eigenvalue weighted by Crippen LogP contribution is 2.21. The molecule has 0 aliphatic rings. The number of aromatic nitrogens is 1. The first-order valence-corrected chi connectivity index (χ1v) is 3.51. The van der Waals surface area contributed by atoms with Gasteiger partial charge in [0, 0.05) is 28.4 Å². The molecule has 0 bridgehead atoms. The number of anilines is 1. The lowest BCUT2D eigenvalue weighted by Gasteiger charge is -2.13. The topological polar surface area (TPSA) is 19.0 Å². The fourth-order valence-electron chi connectivity index (χ4n) is 0.612. The van der Waals surface area contributed by atoms with Crippen LogP contribution in [0.15, 0.2) is 12.3 Å². The molecule has 0 aliphatic heterocycles. The molecule has 0 amide bonds. The summed E-state index contributed by atoms with van der Waals surface area (Å²) in [5.41, 5.74) is 0. The van der Waals surface area contributed by atoms with Crippen LogP contribution in [-0.2, 0) is 0 Å². The van der Waals surface area contributed by atoms with Crippen molar-refractivity contribution in [1.82, 2.24) is 4.98 Å². The number of nitrogens with one attached hydrogen (secondary N) is 1. The van der Waals surface area contributed by atoms with E-state index >= 15 is 0 Å². The molecule has 0 saturated carbocycles. The maximum absolute atomic E-state index is 7.24. The van der Waals surface area contributed by atoms with Crippen LogP contribution < -0.4 is 4.90 Å². The first-order valence-electron chi connectivity index (χ1n) is 5.72. The molecule has 2 nitrogen and oxygen atoms in total. The van der Waals surface area contributed by atoms with Crippen molar-refractivity contribution in [2.24, 2.45) is 0 Å². The van der Waals surface area contributed by atoms with Crippen molar-refractivity contribution in [1.29, 1.82) is 0 Å². The second-order valence-corrected chi connectivity index (χ2v) is 2.66. The molecule has 0 aliphatic carbocycles. The molecule has 1 aromatic rings. The molecule has 1 rings (SSSR count). The van der Waals surface area contributed by atoms with Crippen LogP contribution in [0.4, 0.5) is 5.82 Å². The molecule has 4 heteroatoms. The van der Waals surface area contributed by atoms with Crippen LogP contribution in [0.1, 0.15) is 8.22 Å². The molecule has 1 heterocycles. The summed E-state index contributed by atoms with van der Waals surface area (Å²) in [6, 6.07) is 1.44. The Balaban J connectivity index is 3.44. The van der Waals surface area contributed by atoms with Gasteiger partial charge in [0.15, 0.2) is 0 Å². The molecule has 0 saturated heterocycles. The average molecular weight is 195 g/mol. The van der Waals surface area contributed by atoms with E-state index in [0.717, 1.165) is 0 Å². The van der Waals surface area contributed by atoms with E-state index in [-0.39, 0.29) is 20.3 Å². The predicted molar refractivity (Wildman–Crippen MR) is 51.0 cm³/mol. The maximum atomic E-state index is 7.24. The molecule has 60 valence electrons. The van der Waals surface area contributed by atoms with E-state index < -0.39 is 14.0 Å². The predicted octanol–water partition coefficient (Wildman–Crippen LogP) is 2.46. The number of aromatic amines is 1. The third-order valence-electron chi connectivity index (χ3n) is 1.10. The molecular weight excluding hydrogens is 180 g/mol. The Morgan fingerprint density at radius 1 is 1.73 bits per heavy atom. The summed E-state index contributed by atoms with van der Waals surface area (Å²) < 4.78 is 43.6. The summed E-state index contributed by atoms with van der Waals surface area (Å²) in [6.07, 6.45) is 1.34. The summed E-state index contributed by atoms with van der Waals surface area (Å²) in [5.74, 6) is -0.237. The highest BCUT2D eigenvalue weighted by Gasteiger charge is 2.01. The van der Waals surface area contributed by atoms with Gasteiger partial charge in [-0.15, -0.1) is 0 Å². The molecule has 11 heavy (non-hydrogen) atoms. The standard InChI is InChI=1S/C7H9ClN2S/c1-10(2)7-6(8)5(11)3-4-9-7/h3-4H,1-2H3,(H,9,11)/i1D3,2D3.